The Hall–Kier alpha value is -0.570. The van der Waals surface area contributed by atoms with E-state index in [1.165, 1.54) is 32.1 Å². The molecular formula is C15H30N2O. The molecule has 1 amide bonds. The van der Waals surface area contributed by atoms with Gasteiger partial charge < -0.3 is 11.1 Å². The molecule has 0 aromatic rings. The summed E-state index contributed by atoms with van der Waals surface area (Å²) >= 11 is 0. The number of nitrogens with one attached hydrogen (secondary N) is 1. The molecule has 0 aliphatic heterocycles. The van der Waals surface area contributed by atoms with E-state index in [0.717, 1.165) is 31.7 Å². The predicted molar refractivity (Wildman–Crippen MR) is 76.3 cm³/mol. The molecular weight excluding hydrogens is 224 g/mol. The average Bonchev–Trinajstić information content (AvgIpc) is 2.42. The van der Waals surface area contributed by atoms with E-state index in [0.29, 0.717) is 6.54 Å². The zero-order valence-electron chi connectivity index (χ0n) is 12.1. The molecule has 1 fully saturated rings. The number of nitrogens with two attached hydrogens (primary N) is 1. The van der Waals surface area contributed by atoms with Gasteiger partial charge in [0, 0.05) is 13.1 Å². The first-order chi connectivity index (χ1) is 8.68. The molecule has 0 radical (unpaired) electrons. The summed E-state index contributed by atoms with van der Waals surface area (Å²) in [7, 11) is 0. The zero-order chi connectivity index (χ0) is 13.4. The fourth-order valence-electron chi connectivity index (χ4n) is 3.01. The van der Waals surface area contributed by atoms with Gasteiger partial charge in [-0.05, 0) is 25.2 Å². The number of amides is 1. The minimum atomic E-state index is -0.341. The van der Waals surface area contributed by atoms with Gasteiger partial charge in [0.15, 0.2) is 0 Å². The molecule has 0 unspecified atom stereocenters. The lowest BCUT2D eigenvalue weighted by atomic mass is 9.81. The van der Waals surface area contributed by atoms with Crippen LogP contribution >= 0.6 is 0 Å². The van der Waals surface area contributed by atoms with Gasteiger partial charge in [-0.15, -0.1) is 0 Å². The first-order valence-corrected chi connectivity index (χ1v) is 7.67. The van der Waals surface area contributed by atoms with E-state index in [-0.39, 0.29) is 11.3 Å². The molecule has 0 bridgehead atoms. The fraction of sp³-hybridized carbons (Fsp3) is 0.933. The van der Waals surface area contributed by atoms with Crippen molar-refractivity contribution < 1.29 is 4.79 Å². The molecule has 0 aromatic carbocycles. The van der Waals surface area contributed by atoms with Crippen LogP contribution in [0.15, 0.2) is 0 Å². The first-order valence-electron chi connectivity index (χ1n) is 7.67. The average molecular weight is 254 g/mol. The summed E-state index contributed by atoms with van der Waals surface area (Å²) in [6.07, 6.45) is 9.62. The quantitative estimate of drug-likeness (QED) is 0.734. The van der Waals surface area contributed by atoms with Crippen LogP contribution in [-0.4, -0.2) is 19.0 Å². The van der Waals surface area contributed by atoms with Crippen molar-refractivity contribution in [3.05, 3.63) is 0 Å². The molecule has 3 N–H and O–H groups in total. The summed E-state index contributed by atoms with van der Waals surface area (Å²) in [5, 5.41) is 3.10. The second-order valence-electron chi connectivity index (χ2n) is 5.74. The van der Waals surface area contributed by atoms with Crippen LogP contribution in [-0.2, 0) is 4.79 Å². The van der Waals surface area contributed by atoms with E-state index in [1.54, 1.807) is 0 Å². The van der Waals surface area contributed by atoms with Crippen molar-refractivity contribution in [1.29, 1.82) is 0 Å². The summed E-state index contributed by atoms with van der Waals surface area (Å²) in [5.41, 5.74) is 5.44. The summed E-state index contributed by atoms with van der Waals surface area (Å²) in [6.45, 7) is 5.38. The van der Waals surface area contributed by atoms with Crippen LogP contribution in [0.1, 0.15) is 65.2 Å². The summed E-state index contributed by atoms with van der Waals surface area (Å²) in [6, 6.07) is 0. The molecule has 0 aromatic heterocycles. The van der Waals surface area contributed by atoms with Gasteiger partial charge in [0.25, 0.3) is 0 Å². The standard InChI is InChI=1S/C15H30N2O/c1-3-15(4-2,12-16)14(18)17-11-10-13-8-6-5-7-9-13/h13H,3-12,16H2,1-2H3,(H,17,18). The molecule has 1 aliphatic rings. The van der Waals surface area contributed by atoms with E-state index in [2.05, 4.69) is 19.2 Å². The van der Waals surface area contributed by atoms with E-state index >= 15 is 0 Å². The monoisotopic (exact) mass is 254 g/mol. The molecule has 0 spiro atoms. The van der Waals surface area contributed by atoms with Crippen LogP contribution in [0.5, 0.6) is 0 Å². The zero-order valence-corrected chi connectivity index (χ0v) is 12.1. The maximum Gasteiger partial charge on any atom is 0.227 e. The highest BCUT2D eigenvalue weighted by molar-refractivity contribution is 5.82. The summed E-state index contributed by atoms with van der Waals surface area (Å²) in [4.78, 5) is 12.2. The maximum atomic E-state index is 12.2. The number of carbonyl (C=O) groups excluding carboxylic acids is 1. The first kappa shape index (κ1) is 15.5. The smallest absolute Gasteiger partial charge is 0.227 e. The Labute approximate surface area is 112 Å². The maximum absolute atomic E-state index is 12.2. The van der Waals surface area contributed by atoms with Crippen molar-refractivity contribution in [2.75, 3.05) is 13.1 Å². The second-order valence-corrected chi connectivity index (χ2v) is 5.74. The van der Waals surface area contributed by atoms with Crippen LogP contribution in [0.2, 0.25) is 0 Å². The van der Waals surface area contributed by atoms with Gasteiger partial charge in [-0.3, -0.25) is 4.79 Å². The lowest BCUT2D eigenvalue weighted by Gasteiger charge is -2.29. The SMILES string of the molecule is CCC(CC)(CN)C(=O)NCCC1CCCCC1. The van der Waals surface area contributed by atoms with Gasteiger partial charge in [-0.1, -0.05) is 46.0 Å². The van der Waals surface area contributed by atoms with Crippen LogP contribution < -0.4 is 11.1 Å². The van der Waals surface area contributed by atoms with Crippen molar-refractivity contribution in [2.24, 2.45) is 17.1 Å². The highest BCUT2D eigenvalue weighted by atomic mass is 16.2. The molecule has 1 rings (SSSR count). The van der Waals surface area contributed by atoms with Crippen LogP contribution in [0, 0.1) is 11.3 Å². The van der Waals surface area contributed by atoms with E-state index in [9.17, 15) is 4.79 Å². The predicted octanol–water partition coefficient (Wildman–Crippen LogP) is 2.84. The highest BCUT2D eigenvalue weighted by Crippen LogP contribution is 2.27. The molecule has 1 aliphatic carbocycles. The minimum absolute atomic E-state index is 0.158. The Bertz CT molecular complexity index is 235. The Balaban J connectivity index is 2.30. The van der Waals surface area contributed by atoms with Crippen LogP contribution in [0.3, 0.4) is 0 Å². The van der Waals surface area contributed by atoms with Crippen LogP contribution in [0.25, 0.3) is 0 Å². The van der Waals surface area contributed by atoms with Crippen molar-refractivity contribution in [1.82, 2.24) is 5.32 Å². The Kier molecular flexibility index (Phi) is 6.69. The molecule has 1 saturated carbocycles. The molecule has 0 heterocycles. The minimum Gasteiger partial charge on any atom is -0.356 e. The van der Waals surface area contributed by atoms with Crippen molar-refractivity contribution >= 4 is 5.91 Å². The molecule has 0 atom stereocenters. The number of hydrogen-bond acceptors (Lipinski definition) is 2. The van der Waals surface area contributed by atoms with Gasteiger partial charge >= 0.3 is 0 Å². The normalized spacial score (nSPS) is 17.7. The number of hydrogen-bond donors (Lipinski definition) is 2. The topological polar surface area (TPSA) is 55.1 Å². The van der Waals surface area contributed by atoms with Gasteiger partial charge in [0.1, 0.15) is 0 Å². The van der Waals surface area contributed by atoms with Crippen molar-refractivity contribution in [3.8, 4) is 0 Å². The molecule has 3 nitrogen and oxygen atoms in total. The van der Waals surface area contributed by atoms with Crippen molar-refractivity contribution in [2.45, 2.75) is 65.2 Å². The van der Waals surface area contributed by atoms with Gasteiger partial charge in [0.05, 0.1) is 5.41 Å². The number of rotatable bonds is 7. The Morgan fingerprint density at radius 3 is 2.33 bits per heavy atom. The largest absolute Gasteiger partial charge is 0.356 e. The molecule has 0 saturated heterocycles. The lowest BCUT2D eigenvalue weighted by Crippen LogP contribution is -2.45. The van der Waals surface area contributed by atoms with E-state index < -0.39 is 0 Å². The van der Waals surface area contributed by atoms with Gasteiger partial charge in [-0.25, -0.2) is 0 Å². The third-order valence-electron chi connectivity index (χ3n) is 4.79. The van der Waals surface area contributed by atoms with Crippen molar-refractivity contribution in [3.63, 3.8) is 0 Å². The molecule has 18 heavy (non-hydrogen) atoms. The Morgan fingerprint density at radius 2 is 1.83 bits per heavy atom. The summed E-state index contributed by atoms with van der Waals surface area (Å²) < 4.78 is 0. The fourth-order valence-corrected chi connectivity index (χ4v) is 3.01. The van der Waals surface area contributed by atoms with Gasteiger partial charge in [-0.2, -0.15) is 0 Å². The molecule has 3 heteroatoms. The third kappa shape index (κ3) is 3.98. The van der Waals surface area contributed by atoms with E-state index in [4.69, 9.17) is 5.73 Å². The lowest BCUT2D eigenvalue weighted by molar-refractivity contribution is -0.131. The second kappa shape index (κ2) is 7.78. The van der Waals surface area contributed by atoms with Crippen LogP contribution in [0.4, 0.5) is 0 Å². The molecule has 106 valence electrons. The van der Waals surface area contributed by atoms with Gasteiger partial charge in [0.2, 0.25) is 5.91 Å². The summed E-state index contributed by atoms with van der Waals surface area (Å²) in [5.74, 6) is 0.986. The number of carbonyl (C=O) groups is 1. The Morgan fingerprint density at radius 1 is 1.22 bits per heavy atom. The third-order valence-corrected chi connectivity index (χ3v) is 4.79. The van der Waals surface area contributed by atoms with E-state index in [1.807, 2.05) is 0 Å². The highest BCUT2D eigenvalue weighted by Gasteiger charge is 2.32.